The summed E-state index contributed by atoms with van der Waals surface area (Å²) in [7, 11) is 0. The molecule has 0 aromatic heterocycles. The van der Waals surface area contributed by atoms with E-state index >= 15 is 0 Å². The number of benzene rings is 1. The second-order valence-corrected chi connectivity index (χ2v) is 5.15. The molecule has 2 unspecified atom stereocenters. The number of amides is 1. The third-order valence-electron chi connectivity index (χ3n) is 3.40. The zero-order valence-electron chi connectivity index (χ0n) is 12.2. The van der Waals surface area contributed by atoms with E-state index in [-0.39, 0.29) is 30.2 Å². The van der Waals surface area contributed by atoms with Gasteiger partial charge in [0.05, 0.1) is 30.9 Å². The minimum atomic E-state index is -0.537. The predicted octanol–water partition coefficient (Wildman–Crippen LogP) is 1.39. The van der Waals surface area contributed by atoms with Crippen LogP contribution in [0.25, 0.3) is 0 Å². The van der Waals surface area contributed by atoms with Crippen LogP contribution in [0, 0.1) is 17.7 Å². The van der Waals surface area contributed by atoms with Crippen molar-refractivity contribution in [2.24, 2.45) is 5.73 Å². The van der Waals surface area contributed by atoms with E-state index in [2.05, 4.69) is 11.8 Å². The van der Waals surface area contributed by atoms with Gasteiger partial charge < -0.3 is 15.4 Å². The Kier molecular flexibility index (Phi) is 4.94. The highest BCUT2D eigenvalue weighted by atomic mass is 19.1. The van der Waals surface area contributed by atoms with Crippen molar-refractivity contribution < 1.29 is 13.9 Å². The van der Waals surface area contributed by atoms with Crippen molar-refractivity contribution in [2.45, 2.75) is 26.0 Å². The van der Waals surface area contributed by atoms with Crippen LogP contribution in [0.1, 0.15) is 29.8 Å². The highest BCUT2D eigenvalue weighted by Crippen LogP contribution is 2.18. The number of ether oxygens (including phenoxy) is 1. The number of hydrogen-bond donors (Lipinski definition) is 1. The molecule has 1 aromatic rings. The number of morpholine rings is 1. The van der Waals surface area contributed by atoms with Gasteiger partial charge in [-0.25, -0.2) is 4.39 Å². The van der Waals surface area contributed by atoms with Gasteiger partial charge in [-0.2, -0.15) is 0 Å². The minimum Gasteiger partial charge on any atom is -0.375 e. The molecule has 4 nitrogen and oxygen atoms in total. The minimum absolute atomic E-state index is 0.0415. The molecule has 0 bridgehead atoms. The molecule has 1 amide bonds. The molecule has 2 rings (SSSR count). The number of nitrogens with zero attached hydrogens (tertiary/aromatic N) is 1. The van der Waals surface area contributed by atoms with E-state index in [1.165, 1.54) is 12.1 Å². The van der Waals surface area contributed by atoms with E-state index < -0.39 is 5.82 Å². The summed E-state index contributed by atoms with van der Waals surface area (Å²) in [6.45, 7) is 4.92. The Morgan fingerprint density at radius 2 is 2.29 bits per heavy atom. The molecule has 2 N–H and O–H groups in total. The van der Waals surface area contributed by atoms with Crippen molar-refractivity contribution >= 4 is 5.91 Å². The molecule has 0 radical (unpaired) electrons. The molecule has 1 aliphatic rings. The van der Waals surface area contributed by atoms with Gasteiger partial charge in [0.1, 0.15) is 5.82 Å². The molecule has 2 atom stereocenters. The Hall–Kier alpha value is -1.90. The summed E-state index contributed by atoms with van der Waals surface area (Å²) in [4.78, 5) is 14.2. The smallest absolute Gasteiger partial charge is 0.257 e. The number of nitrogens with two attached hydrogens (primary N) is 1. The second kappa shape index (κ2) is 6.70. The van der Waals surface area contributed by atoms with Crippen LogP contribution >= 0.6 is 0 Å². The molecule has 0 spiro atoms. The van der Waals surface area contributed by atoms with Gasteiger partial charge in [0.25, 0.3) is 5.91 Å². The van der Waals surface area contributed by atoms with Crippen molar-refractivity contribution in [2.75, 3.05) is 19.7 Å². The summed E-state index contributed by atoms with van der Waals surface area (Å²) < 4.78 is 19.5. The van der Waals surface area contributed by atoms with Gasteiger partial charge in [-0.05, 0) is 32.0 Å². The fourth-order valence-electron chi connectivity index (χ4n) is 2.26. The van der Waals surface area contributed by atoms with Crippen LogP contribution in [0.2, 0.25) is 0 Å². The summed E-state index contributed by atoms with van der Waals surface area (Å²) >= 11 is 0. The number of hydrogen-bond acceptors (Lipinski definition) is 3. The first-order valence-corrected chi connectivity index (χ1v) is 6.94. The zero-order valence-corrected chi connectivity index (χ0v) is 12.2. The molecule has 21 heavy (non-hydrogen) atoms. The molecule has 112 valence electrons. The van der Waals surface area contributed by atoms with Crippen molar-refractivity contribution in [3.05, 3.63) is 35.1 Å². The summed E-state index contributed by atoms with van der Waals surface area (Å²) in [5.41, 5.74) is 5.94. The van der Waals surface area contributed by atoms with Crippen LogP contribution in [0.5, 0.6) is 0 Å². The van der Waals surface area contributed by atoms with Crippen LogP contribution in [0.3, 0.4) is 0 Å². The van der Waals surface area contributed by atoms with Crippen LogP contribution in [0.15, 0.2) is 18.2 Å². The molecule has 1 aliphatic heterocycles. The van der Waals surface area contributed by atoms with Gasteiger partial charge in [-0.15, -0.1) is 0 Å². The van der Waals surface area contributed by atoms with Gasteiger partial charge in [0, 0.05) is 12.1 Å². The molecule has 1 heterocycles. The van der Waals surface area contributed by atoms with Gasteiger partial charge in [0.2, 0.25) is 0 Å². The Morgan fingerprint density at radius 1 is 1.52 bits per heavy atom. The number of carbonyl (C=O) groups excluding carboxylic acids is 1. The van der Waals surface area contributed by atoms with E-state index in [4.69, 9.17) is 10.5 Å². The number of carbonyl (C=O) groups is 1. The van der Waals surface area contributed by atoms with Crippen molar-refractivity contribution in [1.82, 2.24) is 4.90 Å². The van der Waals surface area contributed by atoms with E-state index in [0.717, 1.165) is 0 Å². The third-order valence-corrected chi connectivity index (χ3v) is 3.40. The van der Waals surface area contributed by atoms with E-state index in [1.54, 1.807) is 11.0 Å². The largest absolute Gasteiger partial charge is 0.375 e. The Morgan fingerprint density at radius 3 is 3.00 bits per heavy atom. The maximum absolute atomic E-state index is 14.0. The van der Waals surface area contributed by atoms with Gasteiger partial charge in [-0.1, -0.05) is 11.8 Å². The number of rotatable bonds is 1. The molecule has 1 fully saturated rings. The van der Waals surface area contributed by atoms with Crippen LogP contribution in [-0.2, 0) is 4.74 Å². The predicted molar refractivity (Wildman–Crippen MR) is 78.2 cm³/mol. The van der Waals surface area contributed by atoms with Gasteiger partial charge in [0.15, 0.2) is 0 Å². The molecule has 5 heteroatoms. The van der Waals surface area contributed by atoms with Crippen molar-refractivity contribution in [3.8, 4) is 11.8 Å². The van der Waals surface area contributed by atoms with Crippen molar-refractivity contribution in [3.63, 3.8) is 0 Å². The van der Waals surface area contributed by atoms with Gasteiger partial charge >= 0.3 is 0 Å². The van der Waals surface area contributed by atoms with E-state index in [0.29, 0.717) is 18.7 Å². The molecular weight excluding hydrogens is 271 g/mol. The maximum Gasteiger partial charge on any atom is 0.257 e. The molecule has 1 aromatic carbocycles. The quantitative estimate of drug-likeness (QED) is 0.795. The Bertz CT molecular complexity index is 592. The lowest BCUT2D eigenvalue weighted by Crippen LogP contribution is -2.50. The summed E-state index contributed by atoms with van der Waals surface area (Å²) in [5, 5.41) is 0. The lowest BCUT2D eigenvalue weighted by Gasteiger charge is -2.36. The maximum atomic E-state index is 14.0. The summed E-state index contributed by atoms with van der Waals surface area (Å²) in [6, 6.07) is 4.21. The lowest BCUT2D eigenvalue weighted by molar-refractivity contribution is -0.0388. The molecular formula is C16H19FN2O2. The second-order valence-electron chi connectivity index (χ2n) is 5.15. The SMILES string of the molecule is CC1CN(C(=O)c2cc(C#CCN)ccc2F)C(C)CO1. The Balaban J connectivity index is 2.29. The fourth-order valence-corrected chi connectivity index (χ4v) is 2.26. The first kappa shape index (κ1) is 15.5. The van der Waals surface area contributed by atoms with Crippen LogP contribution in [0.4, 0.5) is 4.39 Å². The summed E-state index contributed by atoms with van der Waals surface area (Å²) in [6.07, 6.45) is -0.0478. The lowest BCUT2D eigenvalue weighted by atomic mass is 10.1. The van der Waals surface area contributed by atoms with E-state index in [1.807, 2.05) is 13.8 Å². The van der Waals surface area contributed by atoms with Crippen LogP contribution in [-0.4, -0.2) is 42.6 Å². The Labute approximate surface area is 124 Å². The third kappa shape index (κ3) is 3.60. The fraction of sp³-hybridized carbons (Fsp3) is 0.438. The van der Waals surface area contributed by atoms with Gasteiger partial charge in [-0.3, -0.25) is 4.79 Å². The zero-order chi connectivity index (χ0) is 15.4. The highest BCUT2D eigenvalue weighted by Gasteiger charge is 2.29. The van der Waals surface area contributed by atoms with Crippen molar-refractivity contribution in [1.29, 1.82) is 0 Å². The molecule has 1 saturated heterocycles. The number of halogens is 1. The average Bonchev–Trinajstić information content (AvgIpc) is 2.48. The van der Waals surface area contributed by atoms with Crippen LogP contribution < -0.4 is 5.73 Å². The first-order chi connectivity index (χ1) is 10.0. The summed E-state index contributed by atoms with van der Waals surface area (Å²) in [5.74, 6) is 4.64. The first-order valence-electron chi connectivity index (χ1n) is 6.94. The standard InChI is InChI=1S/C16H19FN2O2/c1-11-10-21-12(2)9-19(11)16(20)14-8-13(4-3-7-18)5-6-15(14)17/h5-6,8,11-12H,7,9-10,18H2,1-2H3. The van der Waals surface area contributed by atoms with E-state index in [9.17, 15) is 9.18 Å². The average molecular weight is 290 g/mol. The molecule has 0 saturated carbocycles. The monoisotopic (exact) mass is 290 g/mol. The topological polar surface area (TPSA) is 55.6 Å². The highest BCUT2D eigenvalue weighted by molar-refractivity contribution is 5.95. The molecule has 0 aliphatic carbocycles. The normalized spacial score (nSPS) is 21.6.